The molecule has 0 amide bonds. The fourth-order valence-electron chi connectivity index (χ4n) is 3.68. The molecule has 34 heavy (non-hydrogen) atoms. The molecule has 6 nitrogen and oxygen atoms in total. The van der Waals surface area contributed by atoms with Crippen LogP contribution in [-0.2, 0) is 6.18 Å². The number of fused-ring (bicyclic) bond motifs is 1. The Hall–Kier alpha value is -4.16. The molecular formula is C24H16ClF3N6. The van der Waals surface area contributed by atoms with Gasteiger partial charge in [0.15, 0.2) is 0 Å². The molecule has 0 spiro atoms. The Morgan fingerprint density at radius 1 is 1.12 bits per heavy atom. The summed E-state index contributed by atoms with van der Waals surface area (Å²) >= 11 is 6.12. The molecule has 0 aliphatic heterocycles. The molecule has 1 aromatic heterocycles. The van der Waals surface area contributed by atoms with E-state index in [0.29, 0.717) is 38.6 Å². The lowest BCUT2D eigenvalue weighted by Crippen LogP contribution is -2.26. The van der Waals surface area contributed by atoms with Crippen molar-refractivity contribution in [2.75, 3.05) is 11.9 Å². The molecule has 0 saturated carbocycles. The van der Waals surface area contributed by atoms with E-state index in [-0.39, 0.29) is 11.2 Å². The Balaban J connectivity index is 1.84. The predicted octanol–water partition coefficient (Wildman–Crippen LogP) is 5.95. The van der Waals surface area contributed by atoms with Gasteiger partial charge in [-0.3, -0.25) is 15.4 Å². The zero-order valence-corrected chi connectivity index (χ0v) is 18.4. The van der Waals surface area contributed by atoms with Crippen molar-refractivity contribution in [3.05, 3.63) is 82.4 Å². The van der Waals surface area contributed by atoms with E-state index in [2.05, 4.69) is 4.98 Å². The Kier molecular flexibility index (Phi) is 5.85. The van der Waals surface area contributed by atoms with E-state index in [1.165, 1.54) is 10.6 Å². The monoisotopic (exact) mass is 480 g/mol. The number of hydrogen-bond donors (Lipinski definition) is 2. The number of hydrogen-bond acceptors (Lipinski definition) is 5. The molecule has 10 heteroatoms. The van der Waals surface area contributed by atoms with Crippen LogP contribution in [0.2, 0.25) is 5.02 Å². The summed E-state index contributed by atoms with van der Waals surface area (Å²) in [4.78, 5) is 6.06. The number of nitrogens with zero attached hydrogens (tertiary/aromatic N) is 4. The summed E-state index contributed by atoms with van der Waals surface area (Å²) < 4.78 is 40.5. The van der Waals surface area contributed by atoms with E-state index in [1.54, 1.807) is 54.4 Å². The SMILES string of the molecule is CN(c1cccc(-c2ccc(C(F)(F)F)cc2C#N)c1)c1nc(=N)n(C=N)c2cc(Cl)ccc12. The van der Waals surface area contributed by atoms with E-state index < -0.39 is 11.7 Å². The van der Waals surface area contributed by atoms with Gasteiger partial charge >= 0.3 is 6.18 Å². The van der Waals surface area contributed by atoms with Crippen molar-refractivity contribution in [2.45, 2.75) is 6.18 Å². The second-order valence-electron chi connectivity index (χ2n) is 7.40. The van der Waals surface area contributed by atoms with Crippen LogP contribution < -0.4 is 10.5 Å². The van der Waals surface area contributed by atoms with E-state index >= 15 is 0 Å². The number of rotatable bonds is 4. The smallest absolute Gasteiger partial charge is 0.329 e. The lowest BCUT2D eigenvalue weighted by atomic mass is 9.97. The van der Waals surface area contributed by atoms with Crippen LogP contribution in [0.3, 0.4) is 0 Å². The molecule has 0 radical (unpaired) electrons. The first-order chi connectivity index (χ1) is 16.1. The number of alkyl halides is 3. The minimum Gasteiger partial charge on any atom is -0.329 e. The number of anilines is 2. The Morgan fingerprint density at radius 3 is 2.56 bits per heavy atom. The largest absolute Gasteiger partial charge is 0.416 e. The van der Waals surface area contributed by atoms with Crippen LogP contribution in [0.15, 0.2) is 60.7 Å². The van der Waals surface area contributed by atoms with Crippen LogP contribution in [0.4, 0.5) is 24.7 Å². The van der Waals surface area contributed by atoms with Crippen LogP contribution in [-0.4, -0.2) is 22.9 Å². The summed E-state index contributed by atoms with van der Waals surface area (Å²) in [6.45, 7) is 0. The quantitative estimate of drug-likeness (QED) is 0.279. The van der Waals surface area contributed by atoms with Gasteiger partial charge in [0.25, 0.3) is 0 Å². The van der Waals surface area contributed by atoms with Crippen LogP contribution >= 0.6 is 11.6 Å². The molecule has 0 unspecified atom stereocenters. The van der Waals surface area contributed by atoms with Gasteiger partial charge in [0, 0.05) is 23.1 Å². The number of aromatic nitrogens is 2. The highest BCUT2D eigenvalue weighted by Gasteiger charge is 2.31. The van der Waals surface area contributed by atoms with E-state index in [0.717, 1.165) is 18.5 Å². The fraction of sp³-hybridized carbons (Fsp3) is 0.0833. The summed E-state index contributed by atoms with van der Waals surface area (Å²) in [7, 11) is 1.74. The number of halogens is 4. The fourth-order valence-corrected chi connectivity index (χ4v) is 3.84. The molecule has 4 aromatic rings. The third-order valence-corrected chi connectivity index (χ3v) is 5.59. The van der Waals surface area contributed by atoms with Gasteiger partial charge in [-0.05, 0) is 53.6 Å². The number of benzene rings is 3. The lowest BCUT2D eigenvalue weighted by molar-refractivity contribution is -0.137. The van der Waals surface area contributed by atoms with Crippen LogP contribution in [0.1, 0.15) is 11.1 Å². The first-order valence-corrected chi connectivity index (χ1v) is 10.2. The summed E-state index contributed by atoms with van der Waals surface area (Å²) in [6.07, 6.45) is -3.57. The molecule has 1 heterocycles. The highest BCUT2D eigenvalue weighted by molar-refractivity contribution is 6.31. The lowest BCUT2D eigenvalue weighted by Gasteiger charge is -2.22. The molecule has 4 rings (SSSR count). The van der Waals surface area contributed by atoms with Gasteiger partial charge in [-0.25, -0.2) is 0 Å². The predicted molar refractivity (Wildman–Crippen MR) is 124 cm³/mol. The molecule has 3 aromatic carbocycles. The minimum absolute atomic E-state index is 0.0898. The molecule has 0 atom stereocenters. The van der Waals surface area contributed by atoms with E-state index in [4.69, 9.17) is 22.4 Å². The summed E-state index contributed by atoms with van der Waals surface area (Å²) in [5.74, 6) is 0.430. The van der Waals surface area contributed by atoms with Gasteiger partial charge < -0.3 is 4.90 Å². The number of nitriles is 1. The van der Waals surface area contributed by atoms with E-state index in [1.807, 2.05) is 6.07 Å². The van der Waals surface area contributed by atoms with Gasteiger partial charge in [0.05, 0.1) is 29.1 Å². The topological polar surface area (TPSA) is 92.6 Å². The average molecular weight is 481 g/mol. The molecule has 0 aliphatic carbocycles. The van der Waals surface area contributed by atoms with Gasteiger partial charge in [-0.2, -0.15) is 23.4 Å². The zero-order chi connectivity index (χ0) is 24.6. The van der Waals surface area contributed by atoms with Crippen molar-refractivity contribution in [3.63, 3.8) is 0 Å². The van der Waals surface area contributed by atoms with E-state index in [9.17, 15) is 18.4 Å². The van der Waals surface area contributed by atoms with Crippen molar-refractivity contribution < 1.29 is 13.2 Å². The highest BCUT2D eigenvalue weighted by Crippen LogP contribution is 2.35. The molecule has 0 bridgehead atoms. The molecule has 0 fully saturated rings. The third-order valence-electron chi connectivity index (χ3n) is 5.36. The number of nitrogens with one attached hydrogen (secondary N) is 2. The Labute approximate surface area is 197 Å². The summed E-state index contributed by atoms with van der Waals surface area (Å²) in [5, 5.41) is 26.4. The maximum Gasteiger partial charge on any atom is 0.416 e. The standard InChI is InChI=1S/C24H16ClF3N6/c1-33(22-20-8-6-17(25)11-21(20)34(13-30)23(31)32-22)18-4-2-3-14(10-18)19-7-5-16(24(26,27)28)9-15(19)12-29/h2-11,13,30-31H,1H3. The second-order valence-corrected chi connectivity index (χ2v) is 7.84. The van der Waals surface area contributed by atoms with Crippen molar-refractivity contribution in [1.29, 1.82) is 16.1 Å². The minimum atomic E-state index is -4.55. The first kappa shape index (κ1) is 23.0. The maximum atomic E-state index is 13.1. The van der Waals surface area contributed by atoms with Gasteiger partial charge in [-0.15, -0.1) is 0 Å². The van der Waals surface area contributed by atoms with Crippen LogP contribution in [0.25, 0.3) is 22.0 Å². The zero-order valence-electron chi connectivity index (χ0n) is 17.7. The Bertz CT molecular complexity index is 1530. The molecule has 170 valence electrons. The van der Waals surface area contributed by atoms with Crippen LogP contribution in [0.5, 0.6) is 0 Å². The maximum absolute atomic E-state index is 13.1. The van der Waals surface area contributed by atoms with Crippen molar-refractivity contribution in [2.24, 2.45) is 0 Å². The van der Waals surface area contributed by atoms with Crippen LogP contribution in [0, 0.1) is 22.1 Å². The average Bonchev–Trinajstić information content (AvgIpc) is 2.82. The van der Waals surface area contributed by atoms with Crippen molar-refractivity contribution in [1.82, 2.24) is 9.55 Å². The third kappa shape index (κ3) is 4.11. The van der Waals surface area contributed by atoms with Crippen molar-refractivity contribution >= 4 is 40.3 Å². The van der Waals surface area contributed by atoms with Gasteiger partial charge in [0.2, 0.25) is 5.62 Å². The summed E-state index contributed by atoms with van der Waals surface area (Å²) in [6, 6.07) is 16.9. The second kappa shape index (κ2) is 8.65. The van der Waals surface area contributed by atoms with Crippen molar-refractivity contribution in [3.8, 4) is 17.2 Å². The molecular weight excluding hydrogens is 465 g/mol. The van der Waals surface area contributed by atoms with Gasteiger partial charge in [0.1, 0.15) is 5.82 Å². The highest BCUT2D eigenvalue weighted by atomic mass is 35.5. The molecule has 0 saturated heterocycles. The normalized spacial score (nSPS) is 11.3. The first-order valence-electron chi connectivity index (χ1n) is 9.86. The Morgan fingerprint density at radius 2 is 1.88 bits per heavy atom. The molecule has 0 aliphatic rings. The summed E-state index contributed by atoms with van der Waals surface area (Å²) in [5.41, 5.74) is 0.935. The molecule has 2 N–H and O–H groups in total. The van der Waals surface area contributed by atoms with Gasteiger partial charge in [-0.1, -0.05) is 29.8 Å².